The molecule has 0 aliphatic rings. The molecule has 0 fully saturated rings. The van der Waals surface area contributed by atoms with Crippen molar-refractivity contribution in [3.05, 3.63) is 34.0 Å². The predicted octanol–water partition coefficient (Wildman–Crippen LogP) is 3.76. The highest BCUT2D eigenvalue weighted by atomic mass is 127. The zero-order chi connectivity index (χ0) is 17.0. The molecule has 0 aliphatic heterocycles. The summed E-state index contributed by atoms with van der Waals surface area (Å²) in [5.41, 5.74) is 0.374. The number of pyridine rings is 1. The highest BCUT2D eigenvalue weighted by Crippen LogP contribution is 2.22. The summed E-state index contributed by atoms with van der Waals surface area (Å²) in [4.78, 5) is 4.90. The molecule has 5 nitrogen and oxygen atoms in total. The van der Waals surface area contributed by atoms with E-state index in [9.17, 15) is 0 Å². The van der Waals surface area contributed by atoms with Gasteiger partial charge in [0.05, 0.1) is 17.3 Å². The maximum Gasteiger partial charge on any atom is 0.146 e. The molecular formula is C16H18IN3O2S. The Morgan fingerprint density at radius 2 is 2.22 bits per heavy atom. The van der Waals surface area contributed by atoms with Crippen molar-refractivity contribution in [2.45, 2.75) is 32.4 Å². The molecule has 0 spiro atoms. The third-order valence-corrected chi connectivity index (χ3v) is 4.15. The van der Waals surface area contributed by atoms with Crippen molar-refractivity contribution in [2.24, 2.45) is 5.16 Å². The van der Waals surface area contributed by atoms with Crippen LogP contribution in [0.25, 0.3) is 10.9 Å². The number of benzene rings is 1. The molecule has 0 saturated carbocycles. The number of nitrogens with zero attached hydrogens (tertiary/aromatic N) is 2. The monoisotopic (exact) mass is 443 g/mol. The number of halogens is 1. The summed E-state index contributed by atoms with van der Waals surface area (Å²) in [6, 6.07) is 7.80. The number of ether oxygens (including phenoxy) is 1. The topological polar surface area (TPSA) is 66.7 Å². The maximum absolute atomic E-state index is 8.66. The fourth-order valence-corrected chi connectivity index (χ4v) is 2.80. The number of fused-ring (bicyclic) bond motifs is 1. The van der Waals surface area contributed by atoms with E-state index in [1.165, 1.54) is 6.21 Å². The van der Waals surface area contributed by atoms with Crippen LogP contribution in [0, 0.1) is 3.57 Å². The summed E-state index contributed by atoms with van der Waals surface area (Å²) >= 11 is 7.59. The first-order valence-corrected chi connectivity index (χ1v) is 8.52. The lowest BCUT2D eigenvalue weighted by Crippen LogP contribution is -2.48. The number of aromatic nitrogens is 1. The lowest BCUT2D eigenvalue weighted by Gasteiger charge is -2.26. The summed E-state index contributed by atoms with van der Waals surface area (Å²) < 4.78 is 6.98. The lowest BCUT2D eigenvalue weighted by molar-refractivity contribution is 0.283. The quantitative estimate of drug-likeness (QED) is 0.242. The van der Waals surface area contributed by atoms with Gasteiger partial charge >= 0.3 is 0 Å². The summed E-state index contributed by atoms with van der Waals surface area (Å²) in [6.45, 7) is 5.59. The van der Waals surface area contributed by atoms with Crippen molar-refractivity contribution in [3.8, 4) is 5.75 Å². The second kappa shape index (κ2) is 7.39. The van der Waals surface area contributed by atoms with Gasteiger partial charge in [0.15, 0.2) is 0 Å². The Morgan fingerprint density at radius 3 is 2.91 bits per heavy atom. The zero-order valence-electron chi connectivity index (χ0n) is 13.1. The summed E-state index contributed by atoms with van der Waals surface area (Å²) in [5.74, 6) is 0.728. The van der Waals surface area contributed by atoms with E-state index < -0.39 is 5.54 Å². The average Bonchev–Trinajstić information content (AvgIpc) is 2.46. The van der Waals surface area contributed by atoms with Crippen molar-refractivity contribution >= 4 is 56.9 Å². The maximum atomic E-state index is 8.66. The molecule has 0 bridgehead atoms. The van der Waals surface area contributed by atoms with Crippen LogP contribution in [-0.4, -0.2) is 33.0 Å². The Hall–Kier alpha value is -1.48. The highest BCUT2D eigenvalue weighted by molar-refractivity contribution is 14.1. The molecule has 1 heterocycles. The molecule has 122 valence electrons. The third-order valence-electron chi connectivity index (χ3n) is 3.13. The van der Waals surface area contributed by atoms with Gasteiger partial charge in [-0.25, -0.2) is 0 Å². The SMILES string of the molecule is CC(Oc1ccc2ncc(I)cc2c1)C(=S)NC(C)(C)C=NO. The molecule has 1 atom stereocenters. The van der Waals surface area contributed by atoms with Gasteiger partial charge in [0.1, 0.15) is 16.8 Å². The number of nitrogens with one attached hydrogen (secondary N) is 1. The number of hydrogen-bond donors (Lipinski definition) is 2. The highest BCUT2D eigenvalue weighted by Gasteiger charge is 2.20. The Balaban J connectivity index is 2.10. The Kier molecular flexibility index (Phi) is 5.74. The van der Waals surface area contributed by atoms with Gasteiger partial charge in [-0.1, -0.05) is 17.4 Å². The van der Waals surface area contributed by atoms with Crippen molar-refractivity contribution in [2.75, 3.05) is 0 Å². The van der Waals surface area contributed by atoms with E-state index in [1.807, 2.05) is 45.2 Å². The van der Waals surface area contributed by atoms with Gasteiger partial charge in [0, 0.05) is 15.2 Å². The summed E-state index contributed by atoms with van der Waals surface area (Å²) in [6.07, 6.45) is 2.90. The molecule has 2 N–H and O–H groups in total. The van der Waals surface area contributed by atoms with Gasteiger partial charge in [-0.15, -0.1) is 0 Å². The predicted molar refractivity (Wildman–Crippen MR) is 105 cm³/mol. The van der Waals surface area contributed by atoms with E-state index in [2.05, 4.69) is 44.1 Å². The van der Waals surface area contributed by atoms with Gasteiger partial charge in [-0.3, -0.25) is 4.98 Å². The minimum Gasteiger partial charge on any atom is -0.484 e. The molecule has 0 aliphatic carbocycles. The smallest absolute Gasteiger partial charge is 0.146 e. The zero-order valence-corrected chi connectivity index (χ0v) is 16.1. The number of oxime groups is 1. The summed E-state index contributed by atoms with van der Waals surface area (Å²) in [5, 5.41) is 15.8. The third kappa shape index (κ3) is 5.00. The van der Waals surface area contributed by atoms with E-state index in [0.717, 1.165) is 20.2 Å². The minimum atomic E-state index is -0.549. The van der Waals surface area contributed by atoms with Gasteiger partial charge in [-0.05, 0) is 67.6 Å². The normalized spacial score (nSPS) is 13.2. The van der Waals surface area contributed by atoms with E-state index in [4.69, 9.17) is 22.2 Å². The van der Waals surface area contributed by atoms with Crippen LogP contribution >= 0.6 is 34.8 Å². The number of thiocarbonyl (C=S) groups is 1. The standard InChI is InChI=1S/C16H18IN3O2S/c1-10(15(23)20-16(2,3)9-19-21)22-13-4-5-14-11(7-13)6-12(17)8-18-14/h4-10,21H,1-3H3,(H,20,23). The Morgan fingerprint density at radius 1 is 1.48 bits per heavy atom. The van der Waals surface area contributed by atoms with E-state index in [1.54, 1.807) is 0 Å². The molecule has 1 unspecified atom stereocenters. The van der Waals surface area contributed by atoms with Crippen LogP contribution in [-0.2, 0) is 0 Å². The molecule has 1 aromatic carbocycles. The second-order valence-corrected chi connectivity index (χ2v) is 7.41. The fraction of sp³-hybridized carbons (Fsp3) is 0.312. The molecule has 2 rings (SSSR count). The van der Waals surface area contributed by atoms with E-state index >= 15 is 0 Å². The van der Waals surface area contributed by atoms with Crippen LogP contribution in [0.15, 0.2) is 35.6 Å². The van der Waals surface area contributed by atoms with Crippen LogP contribution < -0.4 is 10.1 Å². The van der Waals surface area contributed by atoms with E-state index in [0.29, 0.717) is 4.99 Å². The molecule has 7 heteroatoms. The first kappa shape index (κ1) is 17.9. The van der Waals surface area contributed by atoms with E-state index in [-0.39, 0.29) is 6.10 Å². The lowest BCUT2D eigenvalue weighted by atomic mass is 10.1. The number of hydrogen-bond acceptors (Lipinski definition) is 5. The molecule has 23 heavy (non-hydrogen) atoms. The van der Waals surface area contributed by atoms with Crippen molar-refractivity contribution < 1.29 is 9.94 Å². The van der Waals surface area contributed by atoms with Crippen LogP contribution in [0.1, 0.15) is 20.8 Å². The van der Waals surface area contributed by atoms with Crippen LogP contribution in [0.3, 0.4) is 0 Å². The molecule has 0 amide bonds. The van der Waals surface area contributed by atoms with Gasteiger partial charge in [0.2, 0.25) is 0 Å². The Bertz CT molecular complexity index is 749. The van der Waals surface area contributed by atoms with Crippen molar-refractivity contribution in [1.29, 1.82) is 0 Å². The summed E-state index contributed by atoms with van der Waals surface area (Å²) in [7, 11) is 0. The molecule has 1 aromatic heterocycles. The van der Waals surface area contributed by atoms with Crippen LogP contribution in [0.5, 0.6) is 5.75 Å². The molecule has 2 aromatic rings. The van der Waals surface area contributed by atoms with Crippen molar-refractivity contribution in [1.82, 2.24) is 10.3 Å². The Labute approximate surface area is 154 Å². The second-order valence-electron chi connectivity index (χ2n) is 5.72. The van der Waals surface area contributed by atoms with Gasteiger partial charge in [-0.2, -0.15) is 0 Å². The van der Waals surface area contributed by atoms with Crippen LogP contribution in [0.4, 0.5) is 0 Å². The van der Waals surface area contributed by atoms with Crippen LogP contribution in [0.2, 0.25) is 0 Å². The van der Waals surface area contributed by atoms with Gasteiger partial charge in [0.25, 0.3) is 0 Å². The molecule has 0 saturated heterocycles. The average molecular weight is 443 g/mol. The molecular weight excluding hydrogens is 425 g/mol. The number of rotatable bonds is 5. The fourth-order valence-electron chi connectivity index (χ4n) is 2.01. The molecule has 0 radical (unpaired) electrons. The largest absolute Gasteiger partial charge is 0.484 e. The minimum absolute atomic E-state index is 0.315. The van der Waals surface area contributed by atoms with Gasteiger partial charge < -0.3 is 15.3 Å². The first-order valence-electron chi connectivity index (χ1n) is 7.03. The first-order chi connectivity index (χ1) is 10.8. The van der Waals surface area contributed by atoms with Crippen molar-refractivity contribution in [3.63, 3.8) is 0 Å².